The van der Waals surface area contributed by atoms with Crippen molar-refractivity contribution in [3.8, 4) is 5.69 Å². The zero-order chi connectivity index (χ0) is 14.2. The molecular weight excluding hydrogens is 318 g/mol. The molecule has 0 fully saturated rings. The van der Waals surface area contributed by atoms with Crippen molar-refractivity contribution < 1.29 is 14.8 Å². The standard InChI is InChI=1S/C11H8BrN3O4/c1-6-2-10(7(12)3-9(6)15(18)19)14-4-8(11(16)17)13-5-14/h2-5H,1H3,(H,16,17). The molecule has 0 atom stereocenters. The number of nitro benzene ring substituents is 1. The van der Waals surface area contributed by atoms with Gasteiger partial charge in [0.05, 0.1) is 10.6 Å². The van der Waals surface area contributed by atoms with E-state index >= 15 is 0 Å². The smallest absolute Gasteiger partial charge is 0.356 e. The van der Waals surface area contributed by atoms with E-state index in [4.69, 9.17) is 5.11 Å². The largest absolute Gasteiger partial charge is 0.476 e. The van der Waals surface area contributed by atoms with Gasteiger partial charge in [0.2, 0.25) is 0 Å². The number of nitro groups is 1. The lowest BCUT2D eigenvalue weighted by Gasteiger charge is -2.07. The predicted molar refractivity (Wildman–Crippen MR) is 69.6 cm³/mol. The van der Waals surface area contributed by atoms with Crippen molar-refractivity contribution in [3.05, 3.63) is 50.5 Å². The molecule has 0 unspecified atom stereocenters. The Balaban J connectivity index is 2.53. The van der Waals surface area contributed by atoms with Gasteiger partial charge < -0.3 is 9.67 Å². The molecule has 0 aliphatic carbocycles. The molecular formula is C11H8BrN3O4. The van der Waals surface area contributed by atoms with Crippen molar-refractivity contribution in [2.45, 2.75) is 6.92 Å². The summed E-state index contributed by atoms with van der Waals surface area (Å²) in [6.45, 7) is 1.61. The van der Waals surface area contributed by atoms with Gasteiger partial charge in [0, 0.05) is 22.3 Å². The highest BCUT2D eigenvalue weighted by atomic mass is 79.9. The molecule has 1 heterocycles. The van der Waals surface area contributed by atoms with Crippen LogP contribution in [0.2, 0.25) is 0 Å². The normalized spacial score (nSPS) is 10.4. The molecule has 1 N–H and O–H groups in total. The van der Waals surface area contributed by atoms with E-state index in [2.05, 4.69) is 20.9 Å². The molecule has 0 saturated carbocycles. The summed E-state index contributed by atoms with van der Waals surface area (Å²) < 4.78 is 1.98. The fraction of sp³-hybridized carbons (Fsp3) is 0.0909. The topological polar surface area (TPSA) is 98.3 Å². The molecule has 0 saturated heterocycles. The van der Waals surface area contributed by atoms with E-state index in [1.54, 1.807) is 13.0 Å². The van der Waals surface area contributed by atoms with Crippen molar-refractivity contribution in [3.63, 3.8) is 0 Å². The van der Waals surface area contributed by atoms with Crippen LogP contribution in [0.3, 0.4) is 0 Å². The van der Waals surface area contributed by atoms with Crippen LogP contribution in [0.25, 0.3) is 5.69 Å². The number of rotatable bonds is 3. The van der Waals surface area contributed by atoms with Gasteiger partial charge >= 0.3 is 5.97 Å². The van der Waals surface area contributed by atoms with Gasteiger partial charge in [0.15, 0.2) is 5.69 Å². The monoisotopic (exact) mass is 325 g/mol. The zero-order valence-electron chi connectivity index (χ0n) is 9.70. The summed E-state index contributed by atoms with van der Waals surface area (Å²) in [6, 6.07) is 2.97. The molecule has 2 rings (SSSR count). The maximum atomic E-state index is 10.8. The van der Waals surface area contributed by atoms with Crippen molar-refractivity contribution in [1.82, 2.24) is 9.55 Å². The average molecular weight is 326 g/mol. The highest BCUT2D eigenvalue weighted by Crippen LogP contribution is 2.29. The maximum absolute atomic E-state index is 10.8. The third-order valence-corrected chi connectivity index (χ3v) is 3.18. The summed E-state index contributed by atoms with van der Waals surface area (Å²) in [6.07, 6.45) is 2.68. The molecule has 0 aliphatic heterocycles. The average Bonchev–Trinajstić information content (AvgIpc) is 2.80. The fourth-order valence-corrected chi connectivity index (χ4v) is 2.15. The van der Waals surface area contributed by atoms with E-state index in [-0.39, 0.29) is 11.4 Å². The molecule has 1 aromatic carbocycles. The number of carbonyl (C=O) groups is 1. The number of halogens is 1. The number of aromatic carboxylic acids is 1. The number of nitrogens with zero attached hydrogens (tertiary/aromatic N) is 3. The number of aromatic nitrogens is 2. The Labute approximate surface area is 115 Å². The molecule has 2 aromatic rings. The second-order valence-electron chi connectivity index (χ2n) is 3.82. The lowest BCUT2D eigenvalue weighted by Crippen LogP contribution is -1.98. The molecule has 0 aliphatic rings. The van der Waals surface area contributed by atoms with Crippen LogP contribution in [0.15, 0.2) is 29.1 Å². The van der Waals surface area contributed by atoms with E-state index in [9.17, 15) is 14.9 Å². The quantitative estimate of drug-likeness (QED) is 0.690. The third-order valence-electron chi connectivity index (χ3n) is 2.54. The van der Waals surface area contributed by atoms with Gasteiger partial charge in [-0.05, 0) is 28.9 Å². The van der Waals surface area contributed by atoms with Crippen LogP contribution in [-0.2, 0) is 0 Å². The number of carboxylic acids is 1. The third kappa shape index (κ3) is 2.48. The number of hydrogen-bond acceptors (Lipinski definition) is 4. The molecule has 0 spiro atoms. The number of imidazole rings is 1. The van der Waals surface area contributed by atoms with E-state index < -0.39 is 10.9 Å². The van der Waals surface area contributed by atoms with Crippen molar-refractivity contribution in [2.24, 2.45) is 0 Å². The zero-order valence-corrected chi connectivity index (χ0v) is 11.3. The molecule has 7 nitrogen and oxygen atoms in total. The second-order valence-corrected chi connectivity index (χ2v) is 4.67. The highest BCUT2D eigenvalue weighted by Gasteiger charge is 2.16. The van der Waals surface area contributed by atoms with Gasteiger partial charge in [-0.1, -0.05) is 0 Å². The summed E-state index contributed by atoms with van der Waals surface area (Å²) in [5, 5.41) is 19.6. The Morgan fingerprint density at radius 2 is 2.21 bits per heavy atom. The summed E-state index contributed by atoms with van der Waals surface area (Å²) >= 11 is 3.23. The SMILES string of the molecule is Cc1cc(-n2cnc(C(=O)O)c2)c(Br)cc1[N+](=O)[O-]. The minimum Gasteiger partial charge on any atom is -0.476 e. The minimum absolute atomic E-state index is 0.00537. The number of carboxylic acid groups (broad SMARTS) is 1. The Morgan fingerprint density at radius 3 is 2.74 bits per heavy atom. The first kappa shape index (κ1) is 13.2. The van der Waals surface area contributed by atoms with Gasteiger partial charge in [-0.15, -0.1) is 0 Å². The van der Waals surface area contributed by atoms with E-state index in [1.807, 2.05) is 0 Å². The summed E-state index contributed by atoms with van der Waals surface area (Å²) in [7, 11) is 0. The number of hydrogen-bond donors (Lipinski definition) is 1. The van der Waals surface area contributed by atoms with E-state index in [0.29, 0.717) is 15.7 Å². The van der Waals surface area contributed by atoms with Crippen LogP contribution >= 0.6 is 15.9 Å². The Hall–Kier alpha value is -2.22. The summed E-state index contributed by atoms with van der Waals surface area (Å²) in [4.78, 5) is 24.8. The van der Waals surface area contributed by atoms with Crippen LogP contribution < -0.4 is 0 Å². The first-order chi connectivity index (χ1) is 8.90. The Kier molecular flexibility index (Phi) is 3.34. The molecule has 0 amide bonds. The van der Waals surface area contributed by atoms with Gasteiger partial charge in [-0.25, -0.2) is 9.78 Å². The van der Waals surface area contributed by atoms with E-state index in [0.717, 1.165) is 0 Å². The predicted octanol–water partition coefficient (Wildman–Crippen LogP) is 2.55. The van der Waals surface area contributed by atoms with Crippen molar-refractivity contribution in [1.29, 1.82) is 0 Å². The van der Waals surface area contributed by atoms with E-state index in [1.165, 1.54) is 23.2 Å². The van der Waals surface area contributed by atoms with Crippen molar-refractivity contribution >= 4 is 27.6 Å². The second kappa shape index (κ2) is 4.81. The van der Waals surface area contributed by atoms with Crippen LogP contribution in [0.4, 0.5) is 5.69 Å². The molecule has 8 heteroatoms. The maximum Gasteiger partial charge on any atom is 0.356 e. The number of benzene rings is 1. The lowest BCUT2D eigenvalue weighted by atomic mass is 10.2. The lowest BCUT2D eigenvalue weighted by molar-refractivity contribution is -0.385. The van der Waals surface area contributed by atoms with Gasteiger partial charge in [0.25, 0.3) is 5.69 Å². The van der Waals surface area contributed by atoms with Gasteiger partial charge in [0.1, 0.15) is 6.33 Å². The Morgan fingerprint density at radius 1 is 1.53 bits per heavy atom. The molecule has 0 radical (unpaired) electrons. The summed E-state index contributed by atoms with van der Waals surface area (Å²) in [5.41, 5.74) is 0.967. The fourth-order valence-electron chi connectivity index (χ4n) is 1.62. The van der Waals surface area contributed by atoms with Crippen LogP contribution in [0, 0.1) is 17.0 Å². The van der Waals surface area contributed by atoms with Crippen LogP contribution in [-0.4, -0.2) is 25.6 Å². The molecule has 98 valence electrons. The molecule has 1 aromatic heterocycles. The van der Waals surface area contributed by atoms with Crippen molar-refractivity contribution in [2.75, 3.05) is 0 Å². The Bertz CT molecular complexity index is 681. The number of aryl methyl sites for hydroxylation is 1. The first-order valence-electron chi connectivity index (χ1n) is 5.12. The van der Waals surface area contributed by atoms with Crippen LogP contribution in [0.5, 0.6) is 0 Å². The van der Waals surface area contributed by atoms with Crippen LogP contribution in [0.1, 0.15) is 16.1 Å². The molecule has 0 bridgehead atoms. The summed E-state index contributed by atoms with van der Waals surface area (Å²) in [5.74, 6) is -1.13. The highest BCUT2D eigenvalue weighted by molar-refractivity contribution is 9.10. The van der Waals surface area contributed by atoms with Gasteiger partial charge in [-0.3, -0.25) is 10.1 Å². The minimum atomic E-state index is -1.13. The molecule has 19 heavy (non-hydrogen) atoms. The first-order valence-corrected chi connectivity index (χ1v) is 5.91. The van der Waals surface area contributed by atoms with Gasteiger partial charge in [-0.2, -0.15) is 0 Å².